The van der Waals surface area contributed by atoms with Gasteiger partial charge in [-0.25, -0.2) is 0 Å². The normalized spacial score (nSPS) is 11.4. The third kappa shape index (κ3) is 4.98. The molecule has 162 valence electrons. The van der Waals surface area contributed by atoms with E-state index in [1.165, 1.54) is 10.9 Å². The van der Waals surface area contributed by atoms with Crippen LogP contribution in [0.2, 0.25) is 0 Å². The lowest BCUT2D eigenvalue weighted by atomic mass is 10.1. The average molecular weight is 427 g/mol. The summed E-state index contributed by atoms with van der Waals surface area (Å²) >= 11 is 0. The fraction of sp³-hybridized carbons (Fsp3) is 0.154. The number of aliphatic imine (C=N–C) groups is 1. The Morgan fingerprint density at radius 3 is 2.56 bits per heavy atom. The molecule has 3 aromatic carbocycles. The fourth-order valence-corrected chi connectivity index (χ4v) is 3.50. The van der Waals surface area contributed by atoms with E-state index in [0.717, 1.165) is 23.2 Å². The SMILES string of the molecule is COc1ccccc1NC(=NCCc1c[nH]c2ccccc12)NC(=O)c1ccc(C)cc1. The Morgan fingerprint density at radius 1 is 1.00 bits per heavy atom. The Labute approximate surface area is 187 Å². The summed E-state index contributed by atoms with van der Waals surface area (Å²) in [5.41, 5.74) is 4.69. The number of amides is 1. The Bertz CT molecular complexity index is 1240. The molecule has 0 fully saturated rings. The maximum Gasteiger partial charge on any atom is 0.257 e. The van der Waals surface area contributed by atoms with Crippen LogP contribution in [0.25, 0.3) is 10.9 Å². The van der Waals surface area contributed by atoms with Gasteiger partial charge < -0.3 is 15.0 Å². The molecule has 0 aliphatic rings. The summed E-state index contributed by atoms with van der Waals surface area (Å²) in [6.07, 6.45) is 2.75. The minimum Gasteiger partial charge on any atom is -0.495 e. The molecular weight excluding hydrogens is 400 g/mol. The zero-order valence-electron chi connectivity index (χ0n) is 18.2. The van der Waals surface area contributed by atoms with Crippen LogP contribution in [-0.2, 0) is 6.42 Å². The van der Waals surface area contributed by atoms with Gasteiger partial charge in [-0.05, 0) is 49.2 Å². The maximum absolute atomic E-state index is 12.8. The summed E-state index contributed by atoms with van der Waals surface area (Å²) in [5, 5.41) is 7.31. The zero-order valence-corrected chi connectivity index (χ0v) is 18.2. The van der Waals surface area contributed by atoms with Crippen LogP contribution in [-0.4, -0.2) is 30.5 Å². The van der Waals surface area contributed by atoms with Gasteiger partial charge in [0.2, 0.25) is 5.96 Å². The van der Waals surface area contributed by atoms with E-state index in [1.54, 1.807) is 19.2 Å². The minimum atomic E-state index is -0.224. The highest BCUT2D eigenvalue weighted by Crippen LogP contribution is 2.23. The summed E-state index contributed by atoms with van der Waals surface area (Å²) in [6.45, 7) is 2.50. The van der Waals surface area contributed by atoms with Crippen molar-refractivity contribution in [2.75, 3.05) is 19.0 Å². The molecule has 0 aliphatic carbocycles. The molecule has 0 saturated carbocycles. The zero-order chi connectivity index (χ0) is 22.3. The number of carbonyl (C=O) groups excluding carboxylic acids is 1. The molecule has 0 saturated heterocycles. The van der Waals surface area contributed by atoms with Crippen molar-refractivity contribution in [2.24, 2.45) is 4.99 Å². The quantitative estimate of drug-likeness (QED) is 0.302. The van der Waals surface area contributed by atoms with Gasteiger partial charge in [-0.15, -0.1) is 0 Å². The number of carbonyl (C=O) groups is 1. The Balaban J connectivity index is 1.54. The Hall–Kier alpha value is -4.06. The van der Waals surface area contributed by atoms with Crippen LogP contribution in [0.15, 0.2) is 84.0 Å². The first kappa shape index (κ1) is 21.2. The number of methoxy groups -OCH3 is 1. The highest BCUT2D eigenvalue weighted by Gasteiger charge is 2.11. The fourth-order valence-electron chi connectivity index (χ4n) is 3.50. The van der Waals surface area contributed by atoms with Gasteiger partial charge in [0, 0.05) is 29.2 Å². The first-order valence-corrected chi connectivity index (χ1v) is 10.5. The second-order valence-corrected chi connectivity index (χ2v) is 7.49. The number of aromatic amines is 1. The van der Waals surface area contributed by atoms with Crippen LogP contribution in [0.5, 0.6) is 5.75 Å². The van der Waals surface area contributed by atoms with Gasteiger partial charge >= 0.3 is 0 Å². The number of anilines is 1. The monoisotopic (exact) mass is 426 g/mol. The molecule has 0 aliphatic heterocycles. The molecule has 0 atom stereocenters. The number of benzene rings is 3. The first-order chi connectivity index (χ1) is 15.6. The van der Waals surface area contributed by atoms with Crippen molar-refractivity contribution in [3.05, 3.63) is 95.7 Å². The highest BCUT2D eigenvalue weighted by atomic mass is 16.5. The van der Waals surface area contributed by atoms with E-state index in [-0.39, 0.29) is 5.91 Å². The number of fused-ring (bicyclic) bond motifs is 1. The second-order valence-electron chi connectivity index (χ2n) is 7.49. The third-order valence-corrected chi connectivity index (χ3v) is 5.23. The number of aryl methyl sites for hydroxylation is 1. The van der Waals surface area contributed by atoms with Crippen LogP contribution in [0, 0.1) is 6.92 Å². The number of hydrogen-bond acceptors (Lipinski definition) is 3. The lowest BCUT2D eigenvalue weighted by Gasteiger charge is -2.14. The van der Waals surface area contributed by atoms with E-state index in [0.29, 0.717) is 23.8 Å². The van der Waals surface area contributed by atoms with Gasteiger partial charge in [0.15, 0.2) is 0 Å². The van der Waals surface area contributed by atoms with Crippen LogP contribution in [0.3, 0.4) is 0 Å². The lowest BCUT2D eigenvalue weighted by molar-refractivity contribution is 0.0977. The number of guanidine groups is 1. The van der Waals surface area contributed by atoms with E-state index >= 15 is 0 Å². The van der Waals surface area contributed by atoms with Crippen molar-refractivity contribution >= 4 is 28.5 Å². The first-order valence-electron chi connectivity index (χ1n) is 10.5. The van der Waals surface area contributed by atoms with Crippen molar-refractivity contribution in [2.45, 2.75) is 13.3 Å². The van der Waals surface area contributed by atoms with Crippen molar-refractivity contribution in [3.8, 4) is 5.75 Å². The number of nitrogens with one attached hydrogen (secondary N) is 3. The third-order valence-electron chi connectivity index (χ3n) is 5.23. The van der Waals surface area contributed by atoms with E-state index in [1.807, 2.05) is 61.7 Å². The van der Waals surface area contributed by atoms with E-state index in [4.69, 9.17) is 4.74 Å². The van der Waals surface area contributed by atoms with Gasteiger partial charge in [-0.1, -0.05) is 48.0 Å². The van der Waals surface area contributed by atoms with Crippen molar-refractivity contribution in [1.82, 2.24) is 10.3 Å². The molecule has 1 aromatic heterocycles. The number of ether oxygens (including phenoxy) is 1. The standard InChI is InChI=1S/C26H26N4O2/c1-18-11-13-19(14-12-18)25(31)30-26(29-23-9-5-6-10-24(23)32-2)27-16-15-20-17-28-22-8-4-3-7-21(20)22/h3-14,17,28H,15-16H2,1-2H3,(H2,27,29,30,31). The second kappa shape index (κ2) is 9.83. The van der Waals surface area contributed by atoms with Crippen molar-refractivity contribution in [1.29, 1.82) is 0 Å². The predicted octanol–water partition coefficient (Wildman–Crippen LogP) is 4.93. The van der Waals surface area contributed by atoms with Gasteiger partial charge in [0.05, 0.1) is 12.8 Å². The van der Waals surface area contributed by atoms with Gasteiger partial charge in [-0.2, -0.15) is 0 Å². The highest BCUT2D eigenvalue weighted by molar-refractivity contribution is 6.10. The molecular formula is C26H26N4O2. The topological polar surface area (TPSA) is 78.5 Å². The molecule has 6 nitrogen and oxygen atoms in total. The molecule has 4 rings (SSSR count). The Morgan fingerprint density at radius 2 is 1.75 bits per heavy atom. The number of rotatable bonds is 6. The molecule has 0 spiro atoms. The number of H-pyrrole nitrogens is 1. The largest absolute Gasteiger partial charge is 0.495 e. The summed E-state index contributed by atoms with van der Waals surface area (Å²) in [7, 11) is 1.61. The van der Waals surface area contributed by atoms with E-state index in [9.17, 15) is 4.79 Å². The van der Waals surface area contributed by atoms with E-state index < -0.39 is 0 Å². The molecule has 6 heteroatoms. The van der Waals surface area contributed by atoms with Crippen LogP contribution in [0.1, 0.15) is 21.5 Å². The smallest absolute Gasteiger partial charge is 0.257 e. The summed E-state index contributed by atoms with van der Waals surface area (Å²) in [6, 6.07) is 23.1. The van der Waals surface area contributed by atoms with E-state index in [2.05, 4.69) is 32.7 Å². The molecule has 32 heavy (non-hydrogen) atoms. The molecule has 3 N–H and O–H groups in total. The summed E-state index contributed by atoms with van der Waals surface area (Å²) < 4.78 is 5.43. The van der Waals surface area contributed by atoms with Crippen molar-refractivity contribution < 1.29 is 9.53 Å². The minimum absolute atomic E-state index is 0.224. The summed E-state index contributed by atoms with van der Waals surface area (Å²) in [5.74, 6) is 0.819. The Kier molecular flexibility index (Phi) is 6.51. The molecule has 1 heterocycles. The summed E-state index contributed by atoms with van der Waals surface area (Å²) in [4.78, 5) is 20.8. The average Bonchev–Trinajstić information content (AvgIpc) is 3.23. The molecule has 4 aromatic rings. The molecule has 0 bridgehead atoms. The van der Waals surface area contributed by atoms with Gasteiger partial charge in [0.25, 0.3) is 5.91 Å². The number of para-hydroxylation sites is 3. The van der Waals surface area contributed by atoms with Crippen LogP contribution < -0.4 is 15.4 Å². The molecule has 0 unspecified atom stereocenters. The molecule has 1 amide bonds. The number of hydrogen-bond donors (Lipinski definition) is 3. The van der Waals surface area contributed by atoms with Gasteiger partial charge in [0.1, 0.15) is 5.75 Å². The van der Waals surface area contributed by atoms with Crippen molar-refractivity contribution in [3.63, 3.8) is 0 Å². The lowest BCUT2D eigenvalue weighted by Crippen LogP contribution is -2.36. The maximum atomic E-state index is 12.8. The predicted molar refractivity (Wildman–Crippen MR) is 130 cm³/mol. The van der Waals surface area contributed by atoms with Crippen LogP contribution >= 0.6 is 0 Å². The number of nitrogens with zero attached hydrogens (tertiary/aromatic N) is 1. The number of aromatic nitrogens is 1. The molecule has 0 radical (unpaired) electrons. The van der Waals surface area contributed by atoms with Crippen LogP contribution in [0.4, 0.5) is 5.69 Å². The van der Waals surface area contributed by atoms with Gasteiger partial charge in [-0.3, -0.25) is 15.1 Å².